The summed E-state index contributed by atoms with van der Waals surface area (Å²) in [6.07, 6.45) is 57.0. The third kappa shape index (κ3) is 49.0. The largest absolute Gasteiger partial charge is 0.462 e. The topological polar surface area (TPSA) is 78.9 Å². The smallest absolute Gasteiger partial charge is 0.306 e. The summed E-state index contributed by atoms with van der Waals surface area (Å²) in [7, 11) is 0. The Morgan fingerprint density at radius 2 is 0.541 bits per heavy atom. The van der Waals surface area contributed by atoms with Crippen LogP contribution in [0.15, 0.2) is 12.2 Å². The highest BCUT2D eigenvalue weighted by Gasteiger charge is 2.19. The maximum atomic E-state index is 12.6. The van der Waals surface area contributed by atoms with Crippen LogP contribution in [-0.4, -0.2) is 37.2 Å². The maximum Gasteiger partial charge on any atom is 0.306 e. The molecule has 360 valence electrons. The Morgan fingerprint density at radius 3 is 0.820 bits per heavy atom. The van der Waals surface area contributed by atoms with Gasteiger partial charge in [0, 0.05) is 19.3 Å². The summed E-state index contributed by atoms with van der Waals surface area (Å²) in [4.78, 5) is 37.5. The van der Waals surface area contributed by atoms with Gasteiger partial charge in [0.25, 0.3) is 0 Å². The first kappa shape index (κ1) is 59.1. The van der Waals surface area contributed by atoms with Crippen LogP contribution in [0.4, 0.5) is 0 Å². The van der Waals surface area contributed by atoms with Gasteiger partial charge >= 0.3 is 17.9 Å². The molecule has 1 unspecified atom stereocenters. The van der Waals surface area contributed by atoms with Crippen molar-refractivity contribution in [2.75, 3.05) is 13.2 Å². The van der Waals surface area contributed by atoms with E-state index in [2.05, 4.69) is 32.9 Å². The van der Waals surface area contributed by atoms with E-state index in [-0.39, 0.29) is 31.1 Å². The Labute approximate surface area is 380 Å². The molecule has 0 aliphatic rings. The fraction of sp³-hybridized carbons (Fsp3) is 0.909. The number of esters is 3. The number of hydrogen-bond acceptors (Lipinski definition) is 6. The first-order valence-corrected chi connectivity index (χ1v) is 27.2. The normalized spacial score (nSPS) is 12.0. The van der Waals surface area contributed by atoms with Crippen LogP contribution in [0.3, 0.4) is 0 Å². The minimum atomic E-state index is -0.759. The molecule has 0 radical (unpaired) electrons. The molecule has 0 fully saturated rings. The van der Waals surface area contributed by atoms with Gasteiger partial charge in [0.1, 0.15) is 13.2 Å². The first-order valence-electron chi connectivity index (χ1n) is 27.2. The van der Waals surface area contributed by atoms with Crippen molar-refractivity contribution in [1.29, 1.82) is 0 Å². The molecule has 0 rings (SSSR count). The number of ether oxygens (including phenoxy) is 3. The molecular formula is C55H104O6. The van der Waals surface area contributed by atoms with E-state index in [4.69, 9.17) is 14.2 Å². The molecule has 0 bridgehead atoms. The Hall–Kier alpha value is -1.85. The molecular weight excluding hydrogens is 757 g/mol. The summed E-state index contributed by atoms with van der Waals surface area (Å²) in [6, 6.07) is 0. The van der Waals surface area contributed by atoms with Crippen LogP contribution in [0.25, 0.3) is 0 Å². The van der Waals surface area contributed by atoms with E-state index < -0.39 is 6.10 Å². The Bertz CT molecular complexity index is 947. The lowest BCUT2D eigenvalue weighted by molar-refractivity contribution is -0.167. The van der Waals surface area contributed by atoms with Crippen LogP contribution in [0.1, 0.15) is 303 Å². The van der Waals surface area contributed by atoms with Crippen molar-refractivity contribution in [2.45, 2.75) is 309 Å². The molecule has 0 amide bonds. The minimum absolute atomic E-state index is 0.0656. The lowest BCUT2D eigenvalue weighted by Crippen LogP contribution is -2.30. The summed E-state index contributed by atoms with van der Waals surface area (Å²) < 4.78 is 16.6. The average molecular weight is 861 g/mol. The predicted molar refractivity (Wildman–Crippen MR) is 261 cm³/mol. The van der Waals surface area contributed by atoms with Crippen LogP contribution in [0, 0.1) is 0 Å². The van der Waals surface area contributed by atoms with Crippen molar-refractivity contribution in [3.63, 3.8) is 0 Å². The molecule has 0 saturated heterocycles. The van der Waals surface area contributed by atoms with Gasteiger partial charge < -0.3 is 14.2 Å². The quantitative estimate of drug-likeness (QED) is 0.0262. The van der Waals surface area contributed by atoms with E-state index >= 15 is 0 Å². The molecule has 0 aromatic rings. The zero-order chi connectivity index (χ0) is 44.4. The molecule has 0 aliphatic heterocycles. The molecule has 0 saturated carbocycles. The zero-order valence-electron chi connectivity index (χ0n) is 41.2. The van der Waals surface area contributed by atoms with Gasteiger partial charge in [-0.15, -0.1) is 0 Å². The van der Waals surface area contributed by atoms with Crippen molar-refractivity contribution in [3.05, 3.63) is 12.2 Å². The van der Waals surface area contributed by atoms with Crippen molar-refractivity contribution in [2.24, 2.45) is 0 Å². The van der Waals surface area contributed by atoms with Gasteiger partial charge in [0.2, 0.25) is 0 Å². The molecule has 61 heavy (non-hydrogen) atoms. The highest BCUT2D eigenvalue weighted by atomic mass is 16.6. The molecule has 0 N–H and O–H groups in total. The summed E-state index contributed by atoms with van der Waals surface area (Å²) in [5.74, 6) is -0.869. The van der Waals surface area contributed by atoms with Crippen LogP contribution in [0.5, 0.6) is 0 Å². The van der Waals surface area contributed by atoms with Crippen LogP contribution < -0.4 is 0 Å². The molecule has 0 aromatic carbocycles. The van der Waals surface area contributed by atoms with E-state index in [1.54, 1.807) is 0 Å². The SMILES string of the molecule is CCCCCCCCCC/C=C\CCCCCCCCCCCCCCCCCCCC(=O)OCC(COC(=O)CCCCCCC)OC(=O)CCCCCCCCCCC. The monoisotopic (exact) mass is 861 g/mol. The van der Waals surface area contributed by atoms with Gasteiger partial charge in [-0.05, 0) is 44.9 Å². The van der Waals surface area contributed by atoms with E-state index in [1.807, 2.05) is 0 Å². The van der Waals surface area contributed by atoms with Crippen LogP contribution in [-0.2, 0) is 28.6 Å². The maximum absolute atomic E-state index is 12.6. The van der Waals surface area contributed by atoms with Gasteiger partial charge in [-0.2, -0.15) is 0 Å². The Morgan fingerprint density at radius 1 is 0.311 bits per heavy atom. The molecule has 6 heteroatoms. The van der Waals surface area contributed by atoms with Gasteiger partial charge in [-0.1, -0.05) is 251 Å². The number of allylic oxidation sites excluding steroid dienone is 2. The summed E-state index contributed by atoms with van der Waals surface area (Å²) in [6.45, 7) is 6.56. The summed E-state index contributed by atoms with van der Waals surface area (Å²) in [5.41, 5.74) is 0. The number of carbonyl (C=O) groups is 3. The number of carbonyl (C=O) groups excluding carboxylic acids is 3. The molecule has 6 nitrogen and oxygen atoms in total. The van der Waals surface area contributed by atoms with E-state index in [0.29, 0.717) is 19.3 Å². The molecule has 0 aliphatic carbocycles. The van der Waals surface area contributed by atoms with Crippen molar-refractivity contribution >= 4 is 17.9 Å². The number of hydrogen-bond donors (Lipinski definition) is 0. The predicted octanol–water partition coefficient (Wildman–Crippen LogP) is 17.8. The lowest BCUT2D eigenvalue weighted by atomic mass is 10.0. The molecule has 1 atom stereocenters. The number of unbranched alkanes of at least 4 members (excludes halogenated alkanes) is 37. The van der Waals surface area contributed by atoms with Crippen molar-refractivity contribution in [3.8, 4) is 0 Å². The second kappa shape index (κ2) is 50.8. The van der Waals surface area contributed by atoms with Crippen LogP contribution >= 0.6 is 0 Å². The number of rotatable bonds is 50. The lowest BCUT2D eigenvalue weighted by Gasteiger charge is -2.18. The van der Waals surface area contributed by atoms with Crippen molar-refractivity contribution < 1.29 is 28.6 Å². The Kier molecular flexibility index (Phi) is 49.3. The third-order valence-corrected chi connectivity index (χ3v) is 12.3. The second-order valence-corrected chi connectivity index (χ2v) is 18.5. The van der Waals surface area contributed by atoms with Gasteiger partial charge in [-0.3, -0.25) is 14.4 Å². The molecule has 0 heterocycles. The molecule has 0 aromatic heterocycles. The van der Waals surface area contributed by atoms with Gasteiger partial charge in [0.15, 0.2) is 6.10 Å². The first-order chi connectivity index (χ1) is 30.0. The second-order valence-electron chi connectivity index (χ2n) is 18.5. The standard InChI is InChI=1S/C55H104O6/c1-4-7-10-13-15-17-18-19-20-21-22-23-24-25-26-27-28-29-30-31-32-33-34-35-36-38-39-42-45-48-54(57)60-51-52(50-59-53(56)47-44-41-12-9-6-3)61-55(58)49-46-43-40-37-16-14-11-8-5-2/h21-22,52H,4-20,23-51H2,1-3H3/b22-21-. The fourth-order valence-electron chi connectivity index (χ4n) is 8.14. The highest BCUT2D eigenvalue weighted by molar-refractivity contribution is 5.71. The van der Waals surface area contributed by atoms with Gasteiger partial charge in [0.05, 0.1) is 0 Å². The van der Waals surface area contributed by atoms with E-state index in [9.17, 15) is 14.4 Å². The average Bonchev–Trinajstić information content (AvgIpc) is 3.26. The molecule has 0 spiro atoms. The summed E-state index contributed by atoms with van der Waals surface area (Å²) >= 11 is 0. The van der Waals surface area contributed by atoms with Gasteiger partial charge in [-0.25, -0.2) is 0 Å². The van der Waals surface area contributed by atoms with Crippen molar-refractivity contribution in [1.82, 2.24) is 0 Å². The Balaban J connectivity index is 3.85. The van der Waals surface area contributed by atoms with Crippen LogP contribution in [0.2, 0.25) is 0 Å². The fourth-order valence-corrected chi connectivity index (χ4v) is 8.14. The minimum Gasteiger partial charge on any atom is -0.462 e. The van der Waals surface area contributed by atoms with E-state index in [0.717, 1.165) is 64.2 Å². The van der Waals surface area contributed by atoms with E-state index in [1.165, 1.54) is 199 Å². The summed E-state index contributed by atoms with van der Waals surface area (Å²) in [5, 5.41) is 0. The third-order valence-electron chi connectivity index (χ3n) is 12.3. The zero-order valence-corrected chi connectivity index (χ0v) is 41.2. The highest BCUT2D eigenvalue weighted by Crippen LogP contribution is 2.17.